The van der Waals surface area contributed by atoms with Crippen molar-refractivity contribution in [2.24, 2.45) is 5.41 Å². The molecule has 0 aliphatic rings. The van der Waals surface area contributed by atoms with E-state index in [-0.39, 0.29) is 24.8 Å². The maximum absolute atomic E-state index is 12.5. The van der Waals surface area contributed by atoms with Crippen molar-refractivity contribution in [3.63, 3.8) is 0 Å². The predicted octanol–water partition coefficient (Wildman–Crippen LogP) is 2.14. The van der Waals surface area contributed by atoms with Crippen LogP contribution in [-0.4, -0.2) is 25.4 Å². The smallest absolute Gasteiger partial charge is 0.358 e. The summed E-state index contributed by atoms with van der Waals surface area (Å²) in [4.78, 5) is 23.1. The molecule has 0 atom stereocenters. The van der Waals surface area contributed by atoms with Gasteiger partial charge in [0.2, 0.25) is 11.8 Å². The number of halogens is 3. The summed E-state index contributed by atoms with van der Waals surface area (Å²) in [7, 11) is 1.46. The summed E-state index contributed by atoms with van der Waals surface area (Å²) >= 11 is 0. The van der Waals surface area contributed by atoms with Crippen molar-refractivity contribution in [1.29, 1.82) is 0 Å². The summed E-state index contributed by atoms with van der Waals surface area (Å²) in [5.74, 6) is -0.658. The third-order valence-corrected chi connectivity index (χ3v) is 3.23. The molecule has 0 saturated heterocycles. The lowest BCUT2D eigenvalue weighted by Crippen LogP contribution is -2.42. The first-order chi connectivity index (χ1) is 10.1. The van der Waals surface area contributed by atoms with Crippen molar-refractivity contribution in [3.8, 4) is 0 Å². The van der Waals surface area contributed by atoms with Crippen molar-refractivity contribution < 1.29 is 22.8 Å². The van der Waals surface area contributed by atoms with Crippen LogP contribution in [0.3, 0.4) is 0 Å². The number of hydrogen-bond donors (Lipinski definition) is 2. The highest BCUT2D eigenvalue weighted by Gasteiger charge is 2.31. The van der Waals surface area contributed by atoms with Gasteiger partial charge in [0, 0.05) is 12.5 Å². The van der Waals surface area contributed by atoms with Crippen molar-refractivity contribution in [3.05, 3.63) is 35.4 Å². The second kappa shape index (κ2) is 6.81. The van der Waals surface area contributed by atoms with Gasteiger partial charge >= 0.3 is 6.18 Å². The number of benzene rings is 1. The van der Waals surface area contributed by atoms with E-state index in [0.29, 0.717) is 5.56 Å². The quantitative estimate of drug-likeness (QED) is 0.874. The first-order valence-corrected chi connectivity index (χ1v) is 6.71. The van der Waals surface area contributed by atoms with Crippen LogP contribution in [0.2, 0.25) is 0 Å². The second-order valence-corrected chi connectivity index (χ2v) is 5.61. The number of carbonyl (C=O) groups excluding carboxylic acids is 2. The summed E-state index contributed by atoms with van der Waals surface area (Å²) in [6, 6.07) is 4.70. The molecule has 1 aromatic carbocycles. The van der Waals surface area contributed by atoms with Gasteiger partial charge in [-0.05, 0) is 24.1 Å². The zero-order chi connectivity index (χ0) is 17.0. The van der Waals surface area contributed by atoms with Crippen LogP contribution < -0.4 is 10.6 Å². The molecule has 0 aliphatic heterocycles. The molecule has 4 nitrogen and oxygen atoms in total. The first kappa shape index (κ1) is 18.0. The Hall–Kier alpha value is -2.05. The number of nitrogens with one attached hydrogen (secondary N) is 2. The summed E-state index contributed by atoms with van der Waals surface area (Å²) in [6.45, 7) is 3.21. The Morgan fingerprint density at radius 3 is 2.09 bits per heavy atom. The molecule has 0 saturated carbocycles. The van der Waals surface area contributed by atoms with Gasteiger partial charge in [-0.3, -0.25) is 9.59 Å². The van der Waals surface area contributed by atoms with Crippen LogP contribution in [0.5, 0.6) is 0 Å². The van der Waals surface area contributed by atoms with Crippen LogP contribution in [0, 0.1) is 5.41 Å². The number of rotatable bonds is 5. The van der Waals surface area contributed by atoms with Crippen LogP contribution in [-0.2, 0) is 22.2 Å². The minimum Gasteiger partial charge on any atom is -0.358 e. The number of amides is 2. The van der Waals surface area contributed by atoms with Gasteiger partial charge in [0.15, 0.2) is 0 Å². The van der Waals surface area contributed by atoms with Crippen LogP contribution >= 0.6 is 0 Å². The van der Waals surface area contributed by atoms with Crippen molar-refractivity contribution in [2.75, 3.05) is 13.6 Å². The van der Waals surface area contributed by atoms with Crippen molar-refractivity contribution >= 4 is 11.8 Å². The normalized spacial score (nSPS) is 11.9. The fraction of sp³-hybridized carbons (Fsp3) is 0.467. The number of carbonyl (C=O) groups is 2. The number of alkyl halides is 3. The average molecular weight is 316 g/mol. The van der Waals surface area contributed by atoms with Gasteiger partial charge in [0.25, 0.3) is 0 Å². The Labute approximate surface area is 127 Å². The minimum atomic E-state index is -4.38. The topological polar surface area (TPSA) is 58.2 Å². The Morgan fingerprint density at radius 1 is 1.09 bits per heavy atom. The molecule has 2 N–H and O–H groups in total. The molecule has 0 heterocycles. The molecular weight excluding hydrogens is 297 g/mol. The van der Waals surface area contributed by atoms with Gasteiger partial charge in [-0.1, -0.05) is 26.0 Å². The first-order valence-electron chi connectivity index (χ1n) is 6.71. The molecule has 0 unspecified atom stereocenters. The van der Waals surface area contributed by atoms with E-state index in [1.54, 1.807) is 13.8 Å². The Kier molecular flexibility index (Phi) is 5.57. The zero-order valence-corrected chi connectivity index (χ0v) is 12.7. The Morgan fingerprint density at radius 2 is 1.64 bits per heavy atom. The van der Waals surface area contributed by atoms with Gasteiger partial charge in [-0.2, -0.15) is 13.2 Å². The van der Waals surface area contributed by atoms with E-state index in [1.807, 2.05) is 0 Å². The molecule has 0 bridgehead atoms. The summed E-state index contributed by atoms with van der Waals surface area (Å²) < 4.78 is 37.5. The molecule has 1 aromatic rings. The van der Waals surface area contributed by atoms with E-state index in [9.17, 15) is 22.8 Å². The molecule has 122 valence electrons. The monoisotopic (exact) mass is 316 g/mol. The summed E-state index contributed by atoms with van der Waals surface area (Å²) in [5, 5.41) is 4.88. The molecule has 0 fully saturated rings. The molecule has 0 aromatic heterocycles. The van der Waals surface area contributed by atoms with Crippen molar-refractivity contribution in [1.82, 2.24) is 10.6 Å². The van der Waals surface area contributed by atoms with E-state index < -0.39 is 17.2 Å². The Bertz CT molecular complexity index is 537. The third kappa shape index (κ3) is 5.05. The fourth-order valence-corrected chi connectivity index (χ4v) is 1.89. The number of likely N-dealkylation sites (N-methyl/N-ethyl adjacent to an activating group) is 1. The van der Waals surface area contributed by atoms with Crippen molar-refractivity contribution in [2.45, 2.75) is 26.4 Å². The lowest BCUT2D eigenvalue weighted by Gasteiger charge is -2.23. The number of hydrogen-bond acceptors (Lipinski definition) is 2. The largest absolute Gasteiger partial charge is 0.416 e. The molecule has 7 heteroatoms. The van der Waals surface area contributed by atoms with Gasteiger partial charge in [0.05, 0.1) is 12.1 Å². The van der Waals surface area contributed by atoms with Crippen LogP contribution in [0.25, 0.3) is 0 Å². The van der Waals surface area contributed by atoms with Crippen LogP contribution in [0.4, 0.5) is 13.2 Å². The maximum atomic E-state index is 12.5. The van der Waals surface area contributed by atoms with E-state index in [2.05, 4.69) is 10.6 Å². The summed E-state index contributed by atoms with van der Waals surface area (Å²) in [6.07, 6.45) is -4.11. The molecule has 0 radical (unpaired) electrons. The van der Waals surface area contributed by atoms with E-state index >= 15 is 0 Å². The minimum absolute atomic E-state index is 0.133. The SMILES string of the molecule is CNC(=O)CNC(=O)C(C)(C)Cc1ccc(C(F)(F)F)cc1. The van der Waals surface area contributed by atoms with Crippen LogP contribution in [0.1, 0.15) is 25.0 Å². The van der Waals surface area contributed by atoms with E-state index in [0.717, 1.165) is 12.1 Å². The highest BCUT2D eigenvalue weighted by molar-refractivity contribution is 5.87. The molecule has 1 rings (SSSR count). The molecule has 22 heavy (non-hydrogen) atoms. The predicted molar refractivity (Wildman–Crippen MR) is 76.0 cm³/mol. The van der Waals surface area contributed by atoms with E-state index in [4.69, 9.17) is 0 Å². The lowest BCUT2D eigenvalue weighted by molar-refractivity contribution is -0.137. The third-order valence-electron chi connectivity index (χ3n) is 3.23. The Balaban J connectivity index is 2.71. The van der Waals surface area contributed by atoms with Crippen LogP contribution in [0.15, 0.2) is 24.3 Å². The maximum Gasteiger partial charge on any atom is 0.416 e. The van der Waals surface area contributed by atoms with Gasteiger partial charge in [0.1, 0.15) is 0 Å². The second-order valence-electron chi connectivity index (χ2n) is 5.61. The van der Waals surface area contributed by atoms with E-state index in [1.165, 1.54) is 19.2 Å². The van der Waals surface area contributed by atoms with Gasteiger partial charge < -0.3 is 10.6 Å². The zero-order valence-electron chi connectivity index (χ0n) is 12.7. The molecule has 0 spiro atoms. The highest BCUT2D eigenvalue weighted by Crippen LogP contribution is 2.30. The lowest BCUT2D eigenvalue weighted by atomic mass is 9.84. The molecular formula is C15H19F3N2O2. The van der Waals surface area contributed by atoms with Gasteiger partial charge in [-0.25, -0.2) is 0 Å². The fourth-order valence-electron chi connectivity index (χ4n) is 1.89. The highest BCUT2D eigenvalue weighted by atomic mass is 19.4. The average Bonchev–Trinajstić information content (AvgIpc) is 2.43. The van der Waals surface area contributed by atoms with Gasteiger partial charge in [-0.15, -0.1) is 0 Å². The summed E-state index contributed by atoms with van der Waals surface area (Å²) in [5.41, 5.74) is -0.945. The molecule has 2 amide bonds. The standard InChI is InChI=1S/C15H19F3N2O2/c1-14(2,13(22)20-9-12(21)19-3)8-10-4-6-11(7-5-10)15(16,17)18/h4-7H,8-9H2,1-3H3,(H,19,21)(H,20,22). The molecule has 0 aliphatic carbocycles.